The number of hydrogen-bond acceptors (Lipinski definition) is 6. The van der Waals surface area contributed by atoms with E-state index in [-0.39, 0.29) is 33.9 Å². The lowest BCUT2D eigenvalue weighted by atomic mass is 9.98. The molecule has 0 amide bonds. The van der Waals surface area contributed by atoms with Gasteiger partial charge in [-0.1, -0.05) is 29.3 Å². The Hall–Kier alpha value is -2.36. The van der Waals surface area contributed by atoms with E-state index < -0.39 is 18.7 Å². The SMILES string of the molecule is O=C(O[C@@H](Cc1c(Cl)c[n+]([O-])cc1Cl)c1ccc(OC(F)F)c(OCC2CC2)c1)[C@H]1CCCNC1. The van der Waals surface area contributed by atoms with Crippen LogP contribution in [0.2, 0.25) is 10.0 Å². The minimum Gasteiger partial charge on any atom is -0.619 e. The molecule has 7 nitrogen and oxygen atoms in total. The summed E-state index contributed by atoms with van der Waals surface area (Å²) in [5.74, 6) is -0.292. The first kappa shape index (κ1) is 25.7. The number of alkyl halides is 2. The molecule has 1 aliphatic heterocycles. The molecule has 2 aliphatic rings. The fourth-order valence-corrected chi connectivity index (χ4v) is 4.55. The van der Waals surface area contributed by atoms with Crippen LogP contribution in [0, 0.1) is 17.0 Å². The Kier molecular flexibility index (Phi) is 8.51. The van der Waals surface area contributed by atoms with Crippen molar-refractivity contribution in [2.45, 2.75) is 44.8 Å². The summed E-state index contributed by atoms with van der Waals surface area (Å²) >= 11 is 12.5. The van der Waals surface area contributed by atoms with Crippen LogP contribution >= 0.6 is 23.2 Å². The molecule has 35 heavy (non-hydrogen) atoms. The second-order valence-electron chi connectivity index (χ2n) is 8.80. The molecule has 1 saturated heterocycles. The number of rotatable bonds is 10. The Morgan fingerprint density at radius 2 is 1.91 bits per heavy atom. The van der Waals surface area contributed by atoms with Crippen LogP contribution in [0.4, 0.5) is 8.78 Å². The number of halogens is 4. The summed E-state index contributed by atoms with van der Waals surface area (Å²) in [7, 11) is 0. The summed E-state index contributed by atoms with van der Waals surface area (Å²) in [5, 5.41) is 15.1. The molecule has 0 spiro atoms. The smallest absolute Gasteiger partial charge is 0.387 e. The third-order valence-electron chi connectivity index (χ3n) is 6.06. The van der Waals surface area contributed by atoms with Gasteiger partial charge in [-0.2, -0.15) is 13.5 Å². The zero-order chi connectivity index (χ0) is 24.9. The number of ether oxygens (including phenoxy) is 3. The van der Waals surface area contributed by atoms with Crippen molar-refractivity contribution in [2.24, 2.45) is 11.8 Å². The van der Waals surface area contributed by atoms with Gasteiger partial charge in [-0.3, -0.25) is 4.79 Å². The first-order valence-electron chi connectivity index (χ1n) is 11.5. The van der Waals surface area contributed by atoms with E-state index in [1.807, 2.05) is 0 Å². The highest BCUT2D eigenvalue weighted by Crippen LogP contribution is 2.38. The van der Waals surface area contributed by atoms with Gasteiger partial charge < -0.3 is 24.7 Å². The van der Waals surface area contributed by atoms with Crippen molar-refractivity contribution >= 4 is 29.2 Å². The minimum absolute atomic E-state index is 0.0709. The third kappa shape index (κ3) is 7.08. The Morgan fingerprint density at radius 3 is 2.54 bits per heavy atom. The molecular formula is C24H26Cl2F2N2O5. The molecule has 190 valence electrons. The molecule has 2 atom stereocenters. The van der Waals surface area contributed by atoms with Crippen molar-refractivity contribution in [3.8, 4) is 11.5 Å². The van der Waals surface area contributed by atoms with E-state index in [2.05, 4.69) is 10.1 Å². The number of nitrogens with one attached hydrogen (secondary N) is 1. The van der Waals surface area contributed by atoms with Crippen molar-refractivity contribution in [1.29, 1.82) is 0 Å². The molecule has 2 fully saturated rings. The first-order chi connectivity index (χ1) is 16.8. The van der Waals surface area contributed by atoms with Crippen LogP contribution in [0.25, 0.3) is 0 Å². The van der Waals surface area contributed by atoms with Crippen LogP contribution in [-0.4, -0.2) is 32.3 Å². The molecule has 0 bridgehead atoms. The van der Waals surface area contributed by atoms with E-state index in [9.17, 15) is 18.8 Å². The summed E-state index contributed by atoms with van der Waals surface area (Å²) in [5.41, 5.74) is 0.925. The number of esters is 1. The van der Waals surface area contributed by atoms with E-state index in [0.29, 0.717) is 41.3 Å². The first-order valence-corrected chi connectivity index (χ1v) is 12.2. The summed E-state index contributed by atoms with van der Waals surface area (Å²) in [6.45, 7) is -1.30. The van der Waals surface area contributed by atoms with E-state index in [4.69, 9.17) is 32.7 Å². The fraction of sp³-hybridized carbons (Fsp3) is 0.500. The minimum atomic E-state index is -3.02. The highest BCUT2D eigenvalue weighted by atomic mass is 35.5. The van der Waals surface area contributed by atoms with Crippen molar-refractivity contribution < 1.29 is 32.5 Å². The van der Waals surface area contributed by atoms with E-state index >= 15 is 0 Å². The molecule has 2 heterocycles. The normalized spacial score (nSPS) is 18.8. The van der Waals surface area contributed by atoms with Gasteiger partial charge in [-0.05, 0) is 55.8 Å². The second kappa shape index (κ2) is 11.6. The molecule has 4 rings (SSSR count). The number of benzene rings is 1. The van der Waals surface area contributed by atoms with Crippen LogP contribution in [-0.2, 0) is 16.0 Å². The molecular weight excluding hydrogens is 505 g/mol. The van der Waals surface area contributed by atoms with Crippen LogP contribution in [0.3, 0.4) is 0 Å². The molecule has 0 radical (unpaired) electrons. The van der Waals surface area contributed by atoms with Crippen LogP contribution < -0.4 is 19.5 Å². The highest BCUT2D eigenvalue weighted by Gasteiger charge is 2.29. The molecule has 11 heteroatoms. The van der Waals surface area contributed by atoms with Gasteiger partial charge in [0.25, 0.3) is 0 Å². The van der Waals surface area contributed by atoms with Gasteiger partial charge in [-0.15, -0.1) is 0 Å². The predicted octanol–water partition coefficient (Wildman–Crippen LogP) is 4.84. The molecule has 1 saturated carbocycles. The molecule has 1 N–H and O–H groups in total. The molecule has 2 aromatic rings. The average Bonchev–Trinajstić information content (AvgIpc) is 3.64. The number of aromatic nitrogens is 1. The lowest BCUT2D eigenvalue weighted by Gasteiger charge is -2.26. The van der Waals surface area contributed by atoms with Gasteiger partial charge in [0.15, 0.2) is 23.9 Å². The largest absolute Gasteiger partial charge is 0.619 e. The van der Waals surface area contributed by atoms with Gasteiger partial charge in [0.2, 0.25) is 0 Å². The number of pyridine rings is 1. The van der Waals surface area contributed by atoms with Gasteiger partial charge in [0.05, 0.1) is 12.5 Å². The predicted molar refractivity (Wildman–Crippen MR) is 125 cm³/mol. The van der Waals surface area contributed by atoms with Crippen LogP contribution in [0.5, 0.6) is 11.5 Å². The molecule has 1 aliphatic carbocycles. The van der Waals surface area contributed by atoms with Crippen molar-refractivity contribution in [3.63, 3.8) is 0 Å². The zero-order valence-corrected chi connectivity index (χ0v) is 20.4. The van der Waals surface area contributed by atoms with E-state index in [0.717, 1.165) is 38.2 Å². The van der Waals surface area contributed by atoms with Gasteiger partial charge in [0.1, 0.15) is 16.1 Å². The number of carbonyl (C=O) groups excluding carboxylic acids is 1. The Balaban J connectivity index is 1.64. The van der Waals surface area contributed by atoms with Crippen LogP contribution in [0.1, 0.15) is 42.9 Å². The van der Waals surface area contributed by atoms with E-state index in [1.165, 1.54) is 18.2 Å². The van der Waals surface area contributed by atoms with Crippen molar-refractivity contribution in [2.75, 3.05) is 19.7 Å². The number of nitrogens with zero attached hydrogens (tertiary/aromatic N) is 1. The highest BCUT2D eigenvalue weighted by molar-refractivity contribution is 6.35. The maximum Gasteiger partial charge on any atom is 0.387 e. The quantitative estimate of drug-likeness (QED) is 0.268. The van der Waals surface area contributed by atoms with Gasteiger partial charge in [0, 0.05) is 18.5 Å². The molecule has 1 aromatic carbocycles. The maximum absolute atomic E-state index is 13.0. The Bertz CT molecular complexity index is 1030. The number of carbonyl (C=O) groups is 1. The number of hydrogen-bond donors (Lipinski definition) is 1. The Morgan fingerprint density at radius 1 is 1.17 bits per heavy atom. The second-order valence-corrected chi connectivity index (χ2v) is 9.62. The van der Waals surface area contributed by atoms with Crippen LogP contribution in [0.15, 0.2) is 30.6 Å². The fourth-order valence-electron chi connectivity index (χ4n) is 3.95. The lowest BCUT2D eigenvalue weighted by molar-refractivity contribution is -0.605. The molecule has 0 unspecified atom stereocenters. The van der Waals surface area contributed by atoms with Gasteiger partial charge >= 0.3 is 12.6 Å². The summed E-state index contributed by atoms with van der Waals surface area (Å²) in [6.07, 6.45) is 5.12. The van der Waals surface area contributed by atoms with Crippen molar-refractivity contribution in [3.05, 3.63) is 57.0 Å². The standard InChI is InChI=1S/C24H26Cl2F2N2O5/c25-18-11-30(32)12-19(26)17(18)9-21(34-23(31)16-2-1-7-29-10-16)15-5-6-20(35-24(27)28)22(8-15)33-13-14-3-4-14/h5-6,8,11-12,14,16,21,24,29H,1-4,7,9-10,13H2/t16-,21-/m0/s1. The summed E-state index contributed by atoms with van der Waals surface area (Å²) in [6, 6.07) is 4.44. The topological polar surface area (TPSA) is 83.7 Å². The van der Waals surface area contributed by atoms with E-state index in [1.54, 1.807) is 0 Å². The molecule has 1 aromatic heterocycles. The number of piperidine rings is 1. The van der Waals surface area contributed by atoms with Crippen molar-refractivity contribution in [1.82, 2.24) is 5.32 Å². The maximum atomic E-state index is 13.0. The average molecular weight is 531 g/mol. The third-order valence-corrected chi connectivity index (χ3v) is 6.71. The summed E-state index contributed by atoms with van der Waals surface area (Å²) in [4.78, 5) is 13.0. The lowest BCUT2D eigenvalue weighted by Crippen LogP contribution is -2.36. The van der Waals surface area contributed by atoms with Gasteiger partial charge in [-0.25, -0.2) is 0 Å². The zero-order valence-electron chi connectivity index (χ0n) is 18.9. The Labute approximate surface area is 211 Å². The monoisotopic (exact) mass is 530 g/mol. The summed E-state index contributed by atoms with van der Waals surface area (Å²) < 4.78 is 42.7.